The fraction of sp³-hybridized carbons (Fsp3) is 0.600. The zero-order chi connectivity index (χ0) is 15.5. The van der Waals surface area contributed by atoms with Gasteiger partial charge in [-0.15, -0.1) is 0 Å². The van der Waals surface area contributed by atoms with Crippen molar-refractivity contribution in [2.75, 3.05) is 13.7 Å². The summed E-state index contributed by atoms with van der Waals surface area (Å²) in [5.41, 5.74) is 1.01. The zero-order valence-electron chi connectivity index (χ0n) is 12.8. The normalized spacial score (nSPS) is 21.3. The van der Waals surface area contributed by atoms with Gasteiger partial charge in [0.05, 0.1) is 7.11 Å². The van der Waals surface area contributed by atoms with Crippen LogP contribution in [-0.2, 0) is 16.6 Å². The first-order valence-corrected chi connectivity index (χ1v) is 8.90. The summed E-state index contributed by atoms with van der Waals surface area (Å²) < 4.78 is 32.9. The van der Waals surface area contributed by atoms with Gasteiger partial charge in [0.25, 0.3) is 0 Å². The van der Waals surface area contributed by atoms with Crippen molar-refractivity contribution in [1.29, 1.82) is 0 Å². The summed E-state index contributed by atoms with van der Waals surface area (Å²) in [7, 11) is -2.02. The van der Waals surface area contributed by atoms with E-state index < -0.39 is 10.0 Å². The predicted molar refractivity (Wildman–Crippen MR) is 82.9 cm³/mol. The molecule has 2 rings (SSSR count). The maximum atomic E-state index is 12.4. The van der Waals surface area contributed by atoms with E-state index >= 15 is 0 Å². The lowest BCUT2D eigenvalue weighted by Gasteiger charge is -2.12. The Bertz CT molecular complexity index is 587. The van der Waals surface area contributed by atoms with Crippen molar-refractivity contribution >= 4 is 10.0 Å². The van der Waals surface area contributed by atoms with Gasteiger partial charge in [-0.1, -0.05) is 26.3 Å². The molecule has 2 N–H and O–H groups in total. The Morgan fingerprint density at radius 3 is 2.67 bits per heavy atom. The van der Waals surface area contributed by atoms with Crippen LogP contribution in [0.25, 0.3) is 0 Å². The molecule has 0 amide bonds. The highest BCUT2D eigenvalue weighted by Crippen LogP contribution is 2.35. The molecule has 2 atom stereocenters. The summed E-state index contributed by atoms with van der Waals surface area (Å²) >= 11 is 0. The minimum absolute atomic E-state index is 0.0751. The molecule has 0 saturated heterocycles. The van der Waals surface area contributed by atoms with E-state index in [1.165, 1.54) is 7.11 Å². The van der Waals surface area contributed by atoms with Crippen LogP contribution in [0.15, 0.2) is 23.1 Å². The quantitative estimate of drug-likeness (QED) is 0.769. The van der Waals surface area contributed by atoms with Crippen LogP contribution >= 0.6 is 0 Å². The molecule has 1 aliphatic carbocycles. The zero-order valence-corrected chi connectivity index (χ0v) is 13.7. The third-order valence-electron chi connectivity index (χ3n) is 3.85. The van der Waals surface area contributed by atoms with E-state index in [4.69, 9.17) is 4.74 Å². The van der Waals surface area contributed by atoms with E-state index in [2.05, 4.69) is 17.0 Å². The van der Waals surface area contributed by atoms with Gasteiger partial charge in [-0.2, -0.15) is 0 Å². The lowest BCUT2D eigenvalue weighted by molar-refractivity contribution is 0.401. The number of sulfonamides is 1. The second-order valence-corrected chi connectivity index (χ2v) is 7.08. The molecule has 118 valence electrons. The number of hydrogen-bond acceptors (Lipinski definition) is 4. The van der Waals surface area contributed by atoms with Crippen LogP contribution in [0.5, 0.6) is 5.75 Å². The Hall–Kier alpha value is -1.11. The fourth-order valence-electron chi connectivity index (χ4n) is 2.42. The molecule has 1 aromatic rings. The summed E-state index contributed by atoms with van der Waals surface area (Å²) in [6.07, 6.45) is 1.93. The van der Waals surface area contributed by atoms with Gasteiger partial charge in [0.15, 0.2) is 0 Å². The lowest BCUT2D eigenvalue weighted by Crippen LogP contribution is -2.27. The van der Waals surface area contributed by atoms with E-state index in [-0.39, 0.29) is 10.9 Å². The van der Waals surface area contributed by atoms with Gasteiger partial charge < -0.3 is 10.1 Å². The molecular weight excluding hydrogens is 288 g/mol. The van der Waals surface area contributed by atoms with Crippen molar-refractivity contribution < 1.29 is 13.2 Å². The van der Waals surface area contributed by atoms with Crippen LogP contribution in [-0.4, -0.2) is 28.1 Å². The van der Waals surface area contributed by atoms with Crippen molar-refractivity contribution in [2.45, 2.75) is 44.2 Å². The molecule has 21 heavy (non-hydrogen) atoms. The number of methoxy groups -OCH3 is 1. The molecule has 6 heteroatoms. The van der Waals surface area contributed by atoms with Gasteiger partial charge in [-0.25, -0.2) is 13.1 Å². The Labute approximate surface area is 127 Å². The van der Waals surface area contributed by atoms with E-state index in [1.807, 2.05) is 13.0 Å². The lowest BCUT2D eigenvalue weighted by atomic mass is 10.2. The van der Waals surface area contributed by atoms with Crippen molar-refractivity contribution in [1.82, 2.24) is 10.0 Å². The van der Waals surface area contributed by atoms with Crippen LogP contribution in [0.1, 0.15) is 32.3 Å². The monoisotopic (exact) mass is 312 g/mol. The van der Waals surface area contributed by atoms with Gasteiger partial charge in [0, 0.05) is 12.6 Å². The highest BCUT2D eigenvalue weighted by atomic mass is 32.2. The molecule has 0 bridgehead atoms. The van der Waals surface area contributed by atoms with Crippen molar-refractivity contribution in [2.24, 2.45) is 5.92 Å². The fourth-order valence-corrected chi connectivity index (χ4v) is 3.89. The van der Waals surface area contributed by atoms with Crippen LogP contribution in [0.2, 0.25) is 0 Å². The Kier molecular flexibility index (Phi) is 5.24. The molecule has 0 heterocycles. The summed E-state index contributed by atoms with van der Waals surface area (Å²) in [5, 5.41) is 3.21. The van der Waals surface area contributed by atoms with Gasteiger partial charge in [0.2, 0.25) is 10.0 Å². The Morgan fingerprint density at radius 1 is 1.33 bits per heavy atom. The molecule has 1 fully saturated rings. The van der Waals surface area contributed by atoms with E-state index in [1.54, 1.807) is 12.1 Å². The van der Waals surface area contributed by atoms with Crippen molar-refractivity contribution in [3.63, 3.8) is 0 Å². The number of nitrogens with one attached hydrogen (secondary N) is 2. The Morgan fingerprint density at radius 2 is 2.10 bits per heavy atom. The van der Waals surface area contributed by atoms with Gasteiger partial charge in [-0.3, -0.25) is 0 Å². The molecule has 0 aliphatic heterocycles. The molecule has 0 aromatic heterocycles. The predicted octanol–water partition coefficient (Wildman–Crippen LogP) is 1.88. The first-order chi connectivity index (χ1) is 10.0. The molecule has 1 saturated carbocycles. The highest BCUT2D eigenvalue weighted by Gasteiger charge is 2.39. The largest absolute Gasteiger partial charge is 0.495 e. The highest BCUT2D eigenvalue weighted by molar-refractivity contribution is 7.89. The van der Waals surface area contributed by atoms with E-state index in [0.29, 0.717) is 18.2 Å². The molecule has 5 nitrogen and oxygen atoms in total. The average molecular weight is 312 g/mol. The maximum absolute atomic E-state index is 12.4. The van der Waals surface area contributed by atoms with Crippen molar-refractivity contribution in [3.8, 4) is 5.75 Å². The molecule has 0 radical (unpaired) electrons. The topological polar surface area (TPSA) is 67.4 Å². The van der Waals surface area contributed by atoms with E-state index in [9.17, 15) is 8.42 Å². The third kappa shape index (κ3) is 3.96. The summed E-state index contributed by atoms with van der Waals surface area (Å²) in [6, 6.07) is 5.30. The summed E-state index contributed by atoms with van der Waals surface area (Å²) in [6.45, 7) is 5.67. The summed E-state index contributed by atoms with van der Waals surface area (Å²) in [4.78, 5) is 0.215. The number of ether oxygens (including phenoxy) is 1. The smallest absolute Gasteiger partial charge is 0.244 e. The molecule has 0 spiro atoms. The Balaban J connectivity index is 2.18. The van der Waals surface area contributed by atoms with Gasteiger partial charge in [0.1, 0.15) is 10.6 Å². The SMILES string of the molecule is CCNCc1ccc(S(=O)(=O)NC2CC2CC)c(OC)c1. The number of benzene rings is 1. The molecular formula is C15H24N2O3S. The number of rotatable bonds is 8. The van der Waals surface area contributed by atoms with Crippen LogP contribution in [0.4, 0.5) is 0 Å². The molecule has 1 aromatic carbocycles. The molecule has 2 unspecified atom stereocenters. The van der Waals surface area contributed by atoms with E-state index in [0.717, 1.165) is 24.9 Å². The first kappa shape index (κ1) is 16.3. The third-order valence-corrected chi connectivity index (χ3v) is 5.38. The van der Waals surface area contributed by atoms with Gasteiger partial charge in [-0.05, 0) is 36.6 Å². The molecule has 1 aliphatic rings. The van der Waals surface area contributed by atoms with Crippen LogP contribution < -0.4 is 14.8 Å². The van der Waals surface area contributed by atoms with Crippen LogP contribution in [0.3, 0.4) is 0 Å². The number of hydrogen-bond donors (Lipinski definition) is 2. The maximum Gasteiger partial charge on any atom is 0.244 e. The van der Waals surface area contributed by atoms with Gasteiger partial charge >= 0.3 is 0 Å². The summed E-state index contributed by atoms with van der Waals surface area (Å²) in [5.74, 6) is 0.866. The first-order valence-electron chi connectivity index (χ1n) is 7.41. The minimum atomic E-state index is -3.52. The minimum Gasteiger partial charge on any atom is -0.495 e. The second kappa shape index (κ2) is 6.77. The second-order valence-electron chi connectivity index (χ2n) is 5.40. The average Bonchev–Trinajstić information content (AvgIpc) is 3.22. The standard InChI is InChI=1S/C15H24N2O3S/c1-4-12-9-13(12)17-21(18,19)15-7-6-11(10-16-5-2)8-14(15)20-3/h6-8,12-13,16-17H,4-5,9-10H2,1-3H3. The van der Waals surface area contributed by atoms with Crippen LogP contribution in [0, 0.1) is 5.92 Å². The van der Waals surface area contributed by atoms with Crippen molar-refractivity contribution in [3.05, 3.63) is 23.8 Å².